The summed E-state index contributed by atoms with van der Waals surface area (Å²) in [7, 11) is -2.90. The minimum absolute atomic E-state index is 0.00973. The second kappa shape index (κ2) is 11.2. The van der Waals surface area contributed by atoms with Crippen molar-refractivity contribution in [2.75, 3.05) is 6.61 Å². The molecule has 3 N–H and O–H groups in total. The maximum atomic E-state index is 10.9. The molecule has 39 heavy (non-hydrogen) atoms. The Morgan fingerprint density at radius 1 is 0.692 bits per heavy atom. The van der Waals surface area contributed by atoms with Crippen molar-refractivity contribution in [3.8, 4) is 5.75 Å². The van der Waals surface area contributed by atoms with Gasteiger partial charge in [-0.2, -0.15) is 0 Å². The lowest BCUT2D eigenvalue weighted by atomic mass is 9.99. The van der Waals surface area contributed by atoms with Crippen LogP contribution in [0.1, 0.15) is 20.8 Å². The fourth-order valence-electron chi connectivity index (χ4n) is 5.50. The van der Waals surface area contributed by atoms with Crippen LogP contribution in [-0.2, 0) is 9.16 Å². The van der Waals surface area contributed by atoms with Gasteiger partial charge in [0.05, 0.1) is 6.61 Å². The van der Waals surface area contributed by atoms with Gasteiger partial charge in [-0.15, -0.1) is 0 Å². The Morgan fingerprint density at radius 2 is 1.26 bits per heavy atom. The summed E-state index contributed by atoms with van der Waals surface area (Å²) in [4.78, 5) is 0. The van der Waals surface area contributed by atoms with Crippen molar-refractivity contribution >= 4 is 29.5 Å². The number of rotatable bonds is 7. The number of hydrogen-bond donors (Lipinski definition) is 3. The number of hydrogen-bond acceptors (Lipinski definition) is 6. The zero-order chi connectivity index (χ0) is 27.6. The van der Waals surface area contributed by atoms with E-state index >= 15 is 0 Å². The number of fused-ring (bicyclic) bond motifs is 1. The Hall–Kier alpha value is -3.04. The molecule has 4 aromatic rings. The second-order valence-electron chi connectivity index (χ2n) is 11.1. The van der Waals surface area contributed by atoms with Crippen molar-refractivity contribution in [1.29, 1.82) is 0 Å². The van der Waals surface area contributed by atoms with E-state index in [1.165, 1.54) is 0 Å². The third-order valence-electron chi connectivity index (χ3n) is 7.52. The van der Waals surface area contributed by atoms with Crippen molar-refractivity contribution in [2.24, 2.45) is 0 Å². The Balaban J connectivity index is 1.43. The monoisotopic (exact) mass is 544 g/mol. The molecule has 0 spiro atoms. The van der Waals surface area contributed by atoms with Crippen molar-refractivity contribution in [2.45, 2.75) is 56.5 Å². The SMILES string of the molecule is CC(C)(C)[Si](OC[C@H]1O[C@H](Oc2ccc3ccccc3c2)[C@H](O)[C@@H](O)[C@@H]1O)(c1ccccc1)c1ccccc1. The summed E-state index contributed by atoms with van der Waals surface area (Å²) in [5.41, 5.74) is 0. The molecule has 7 heteroatoms. The van der Waals surface area contributed by atoms with Crippen LogP contribution in [0.3, 0.4) is 0 Å². The Bertz CT molecular complexity index is 1330. The third-order valence-corrected chi connectivity index (χ3v) is 12.5. The molecule has 0 aromatic heterocycles. The zero-order valence-corrected chi connectivity index (χ0v) is 23.5. The molecule has 0 radical (unpaired) electrons. The lowest BCUT2D eigenvalue weighted by molar-refractivity contribution is -0.276. The van der Waals surface area contributed by atoms with Gasteiger partial charge in [-0.3, -0.25) is 0 Å². The fraction of sp³-hybridized carbons (Fsp3) is 0.312. The molecule has 0 amide bonds. The predicted octanol–water partition coefficient (Wildman–Crippen LogP) is 3.60. The largest absolute Gasteiger partial charge is 0.462 e. The smallest absolute Gasteiger partial charge is 0.261 e. The first-order valence-electron chi connectivity index (χ1n) is 13.3. The molecule has 0 saturated carbocycles. The van der Waals surface area contributed by atoms with Crippen LogP contribution in [0.25, 0.3) is 10.8 Å². The maximum absolute atomic E-state index is 10.9. The molecule has 1 aliphatic rings. The highest BCUT2D eigenvalue weighted by atomic mass is 28.4. The van der Waals surface area contributed by atoms with E-state index in [9.17, 15) is 15.3 Å². The van der Waals surface area contributed by atoms with Gasteiger partial charge in [-0.1, -0.05) is 112 Å². The van der Waals surface area contributed by atoms with Gasteiger partial charge in [0.15, 0.2) is 0 Å². The molecule has 1 aliphatic heterocycles. The predicted molar refractivity (Wildman–Crippen MR) is 155 cm³/mol. The molecule has 5 rings (SSSR count). The molecule has 1 saturated heterocycles. The van der Waals surface area contributed by atoms with Crippen LogP contribution in [0.4, 0.5) is 0 Å². The summed E-state index contributed by atoms with van der Waals surface area (Å²) in [5.74, 6) is 0.494. The first-order valence-corrected chi connectivity index (χ1v) is 15.2. The molecule has 4 aromatic carbocycles. The summed E-state index contributed by atoms with van der Waals surface area (Å²) in [5, 5.41) is 36.4. The maximum Gasteiger partial charge on any atom is 0.261 e. The lowest BCUT2D eigenvalue weighted by Gasteiger charge is -2.45. The minimum Gasteiger partial charge on any atom is -0.462 e. The summed E-state index contributed by atoms with van der Waals surface area (Å²) in [6, 6.07) is 33.8. The van der Waals surface area contributed by atoms with E-state index < -0.39 is 39.0 Å². The molecular formula is C32H36O6Si. The summed E-state index contributed by atoms with van der Waals surface area (Å²) in [6.45, 7) is 6.51. The van der Waals surface area contributed by atoms with Gasteiger partial charge in [0, 0.05) is 0 Å². The fourth-order valence-corrected chi connectivity index (χ4v) is 10.1. The van der Waals surface area contributed by atoms with Crippen LogP contribution >= 0.6 is 0 Å². The van der Waals surface area contributed by atoms with Gasteiger partial charge in [0.2, 0.25) is 6.29 Å². The van der Waals surface area contributed by atoms with E-state index in [-0.39, 0.29) is 11.6 Å². The quantitative estimate of drug-likeness (QED) is 0.308. The van der Waals surface area contributed by atoms with Crippen molar-refractivity contribution in [3.63, 3.8) is 0 Å². The second-order valence-corrected chi connectivity index (χ2v) is 15.4. The number of aliphatic hydroxyl groups excluding tert-OH is 3. The van der Waals surface area contributed by atoms with Crippen LogP contribution in [0, 0.1) is 0 Å². The molecule has 0 unspecified atom stereocenters. The lowest BCUT2D eigenvalue weighted by Crippen LogP contribution is -2.68. The normalized spacial score (nSPS) is 24.0. The van der Waals surface area contributed by atoms with Crippen LogP contribution < -0.4 is 15.1 Å². The summed E-state index contributed by atoms with van der Waals surface area (Å²) in [6.07, 6.45) is -6.35. The Labute approximate surface area is 230 Å². The van der Waals surface area contributed by atoms with Crippen molar-refractivity contribution in [1.82, 2.24) is 0 Å². The van der Waals surface area contributed by atoms with Gasteiger partial charge < -0.3 is 29.2 Å². The van der Waals surface area contributed by atoms with Crippen LogP contribution in [0.2, 0.25) is 5.04 Å². The summed E-state index contributed by atoms with van der Waals surface area (Å²) >= 11 is 0. The molecular weight excluding hydrogens is 508 g/mol. The van der Waals surface area contributed by atoms with Gasteiger partial charge in [0.25, 0.3) is 8.32 Å². The third kappa shape index (κ3) is 5.39. The Morgan fingerprint density at radius 3 is 1.85 bits per heavy atom. The highest BCUT2D eigenvalue weighted by molar-refractivity contribution is 6.99. The Kier molecular flexibility index (Phi) is 7.91. The van der Waals surface area contributed by atoms with Crippen LogP contribution in [0.5, 0.6) is 5.75 Å². The van der Waals surface area contributed by atoms with E-state index in [2.05, 4.69) is 45.0 Å². The van der Waals surface area contributed by atoms with E-state index in [1.54, 1.807) is 6.07 Å². The van der Waals surface area contributed by atoms with Crippen LogP contribution in [0.15, 0.2) is 103 Å². The van der Waals surface area contributed by atoms with Gasteiger partial charge in [-0.05, 0) is 38.3 Å². The highest BCUT2D eigenvalue weighted by Crippen LogP contribution is 2.37. The van der Waals surface area contributed by atoms with E-state index in [1.807, 2.05) is 72.8 Å². The average Bonchev–Trinajstić information content (AvgIpc) is 2.94. The number of benzene rings is 4. The zero-order valence-electron chi connectivity index (χ0n) is 22.5. The van der Waals surface area contributed by atoms with E-state index in [0.717, 1.165) is 21.1 Å². The van der Waals surface area contributed by atoms with Crippen molar-refractivity contribution in [3.05, 3.63) is 103 Å². The van der Waals surface area contributed by atoms with E-state index in [4.69, 9.17) is 13.9 Å². The number of ether oxygens (including phenoxy) is 2. The average molecular weight is 545 g/mol. The topological polar surface area (TPSA) is 88.4 Å². The first-order chi connectivity index (χ1) is 18.7. The molecule has 0 aliphatic carbocycles. The molecule has 6 nitrogen and oxygen atoms in total. The molecule has 204 valence electrons. The van der Waals surface area contributed by atoms with Gasteiger partial charge >= 0.3 is 0 Å². The minimum atomic E-state index is -2.90. The standard InChI is InChI=1S/C32H36O6Si/c1-32(2,3)39(25-14-6-4-7-15-25,26-16-8-5-9-17-26)36-21-27-28(33)29(34)30(35)31(38-27)37-24-19-18-22-12-10-11-13-23(22)20-24/h4-20,27-31,33-35H,21H2,1-3H3/t27-,28-,29+,30-,31+/m1/s1. The molecule has 1 fully saturated rings. The van der Waals surface area contributed by atoms with Crippen molar-refractivity contribution < 1.29 is 29.2 Å². The van der Waals surface area contributed by atoms with Gasteiger partial charge in [-0.25, -0.2) is 0 Å². The van der Waals surface area contributed by atoms with Gasteiger partial charge in [0.1, 0.15) is 30.2 Å². The molecule has 1 heterocycles. The molecule has 5 atom stereocenters. The van der Waals surface area contributed by atoms with E-state index in [0.29, 0.717) is 5.75 Å². The highest BCUT2D eigenvalue weighted by Gasteiger charge is 2.52. The summed E-state index contributed by atoms with van der Waals surface area (Å²) < 4.78 is 19.0. The molecule has 0 bridgehead atoms. The number of aliphatic hydroxyl groups is 3. The van der Waals surface area contributed by atoms with Crippen LogP contribution in [-0.4, -0.2) is 60.9 Å². The first kappa shape index (κ1) is 27.5.